The van der Waals surface area contributed by atoms with Gasteiger partial charge in [-0.15, -0.1) is 11.3 Å². The molecule has 0 saturated heterocycles. The fourth-order valence-electron chi connectivity index (χ4n) is 2.91. The number of halogens is 1. The van der Waals surface area contributed by atoms with Crippen LogP contribution in [0, 0.1) is 0 Å². The highest BCUT2D eigenvalue weighted by atomic mass is 32.1. The summed E-state index contributed by atoms with van der Waals surface area (Å²) in [5, 5.41) is 3.06. The molecule has 4 rings (SSSR count). The minimum Gasteiger partial charge on any atom is -0.466 e. The number of ether oxygens (including phenoxy) is 1. The Morgan fingerprint density at radius 3 is 2.70 bits per heavy atom. The maximum absolute atomic E-state index is 15.1. The zero-order valence-electron chi connectivity index (χ0n) is 12.7. The fourth-order valence-corrected chi connectivity index (χ4v) is 3.88. The summed E-state index contributed by atoms with van der Waals surface area (Å²) in [6.45, 7) is 1.67. The van der Waals surface area contributed by atoms with Crippen LogP contribution in [-0.2, 0) is 4.74 Å². The molecular formula is C19H16FNOS. The summed E-state index contributed by atoms with van der Waals surface area (Å²) in [4.78, 5) is 4.32. The number of thiophene rings is 1. The van der Waals surface area contributed by atoms with Gasteiger partial charge >= 0.3 is 0 Å². The van der Waals surface area contributed by atoms with Crippen LogP contribution in [0.15, 0.2) is 65.0 Å². The molecule has 0 N–H and O–H groups in total. The number of nitrogens with zero attached hydrogens (tertiary/aromatic N) is 1. The molecule has 0 spiro atoms. The van der Waals surface area contributed by atoms with Crippen LogP contribution in [0.4, 0.5) is 4.39 Å². The number of fused-ring (bicyclic) bond motifs is 1. The van der Waals surface area contributed by atoms with Gasteiger partial charge in [-0.3, -0.25) is 0 Å². The number of hydrogen-bond donors (Lipinski definition) is 0. The number of rotatable bonds is 2. The highest BCUT2D eigenvalue weighted by Crippen LogP contribution is 2.42. The first-order valence-electron chi connectivity index (χ1n) is 7.57. The lowest BCUT2D eigenvalue weighted by molar-refractivity contribution is 0.00713. The van der Waals surface area contributed by atoms with Crippen molar-refractivity contribution in [1.29, 1.82) is 0 Å². The third-order valence-corrected chi connectivity index (χ3v) is 5.10. The van der Waals surface area contributed by atoms with Crippen molar-refractivity contribution in [3.63, 3.8) is 0 Å². The lowest BCUT2D eigenvalue weighted by atomic mass is 9.93. The highest BCUT2D eigenvalue weighted by molar-refractivity contribution is 7.17. The van der Waals surface area contributed by atoms with Crippen LogP contribution in [0.3, 0.4) is 0 Å². The summed E-state index contributed by atoms with van der Waals surface area (Å²) in [5.74, 6) is 0.515. The van der Waals surface area contributed by atoms with Crippen molar-refractivity contribution in [2.45, 2.75) is 18.7 Å². The van der Waals surface area contributed by atoms with Crippen molar-refractivity contribution in [3.05, 3.63) is 71.1 Å². The van der Waals surface area contributed by atoms with Gasteiger partial charge in [0.05, 0.1) is 6.54 Å². The molecule has 2 atom stereocenters. The zero-order valence-corrected chi connectivity index (χ0v) is 13.5. The summed E-state index contributed by atoms with van der Waals surface area (Å²) in [5.41, 5.74) is 0.258. The monoisotopic (exact) mass is 325 g/mol. The predicted octanol–water partition coefficient (Wildman–Crippen LogP) is 5.15. The molecule has 1 aliphatic heterocycles. The Labute approximate surface area is 138 Å². The molecule has 1 aliphatic rings. The third-order valence-electron chi connectivity index (χ3n) is 4.12. The zero-order chi connectivity index (χ0) is 15.9. The van der Waals surface area contributed by atoms with Gasteiger partial charge in [0, 0.05) is 15.8 Å². The topological polar surface area (TPSA) is 21.6 Å². The maximum atomic E-state index is 15.1. The Morgan fingerprint density at radius 2 is 1.87 bits per heavy atom. The lowest BCUT2D eigenvalue weighted by Gasteiger charge is -2.34. The van der Waals surface area contributed by atoms with Crippen LogP contribution in [0.25, 0.3) is 10.1 Å². The van der Waals surface area contributed by atoms with Gasteiger partial charge in [-0.25, -0.2) is 9.38 Å². The number of benzene rings is 2. The van der Waals surface area contributed by atoms with Crippen LogP contribution in [0.5, 0.6) is 0 Å². The van der Waals surface area contributed by atoms with Gasteiger partial charge in [-0.1, -0.05) is 36.4 Å². The van der Waals surface area contributed by atoms with Gasteiger partial charge in [0.2, 0.25) is 5.90 Å². The average molecular weight is 325 g/mol. The molecule has 1 aromatic heterocycles. The van der Waals surface area contributed by atoms with E-state index < -0.39 is 11.8 Å². The van der Waals surface area contributed by atoms with E-state index in [1.54, 1.807) is 18.3 Å². The van der Waals surface area contributed by atoms with Crippen LogP contribution in [0.1, 0.15) is 24.2 Å². The third kappa shape index (κ3) is 2.53. The molecule has 2 nitrogen and oxygen atoms in total. The molecule has 0 bridgehead atoms. The minimum absolute atomic E-state index is 0.103. The van der Waals surface area contributed by atoms with E-state index in [4.69, 9.17) is 4.74 Å². The first-order chi connectivity index (χ1) is 11.1. The van der Waals surface area contributed by atoms with Crippen molar-refractivity contribution >= 4 is 27.3 Å². The molecule has 1 unspecified atom stereocenters. The first kappa shape index (κ1) is 14.4. The minimum atomic E-state index is -1.53. The number of hydrogen-bond acceptors (Lipinski definition) is 3. The molecule has 0 aliphatic carbocycles. The Kier molecular flexibility index (Phi) is 3.42. The number of aliphatic imine (C=N–C) groups is 1. The van der Waals surface area contributed by atoms with Crippen LogP contribution in [-0.4, -0.2) is 18.1 Å². The number of alkyl halides is 1. The van der Waals surface area contributed by atoms with E-state index in [2.05, 4.69) is 4.99 Å². The molecule has 2 heterocycles. The van der Waals surface area contributed by atoms with Gasteiger partial charge < -0.3 is 4.74 Å². The SMILES string of the molecule is C[C@]1(F)CN=C(c2ccccc2)OC1c1csc2ccccc12. The second-order valence-electron chi connectivity index (χ2n) is 5.95. The van der Waals surface area contributed by atoms with E-state index in [1.165, 1.54) is 0 Å². The van der Waals surface area contributed by atoms with Crippen LogP contribution in [0.2, 0.25) is 0 Å². The normalized spacial score (nSPS) is 24.3. The molecule has 0 saturated carbocycles. The molecule has 3 aromatic rings. The van der Waals surface area contributed by atoms with Gasteiger partial charge in [0.1, 0.15) is 0 Å². The smallest absolute Gasteiger partial charge is 0.216 e. The van der Waals surface area contributed by atoms with E-state index in [1.807, 2.05) is 60.0 Å². The second-order valence-corrected chi connectivity index (χ2v) is 6.86. The van der Waals surface area contributed by atoms with E-state index in [0.717, 1.165) is 21.2 Å². The van der Waals surface area contributed by atoms with E-state index in [9.17, 15) is 0 Å². The summed E-state index contributed by atoms with van der Waals surface area (Å²) >= 11 is 1.62. The molecule has 0 radical (unpaired) electrons. The van der Waals surface area contributed by atoms with Gasteiger partial charge in [0.15, 0.2) is 11.8 Å². The van der Waals surface area contributed by atoms with Crippen molar-refractivity contribution in [1.82, 2.24) is 0 Å². The average Bonchev–Trinajstić information content (AvgIpc) is 2.99. The van der Waals surface area contributed by atoms with Gasteiger partial charge in [-0.05, 0) is 35.9 Å². The second kappa shape index (κ2) is 5.46. The summed E-state index contributed by atoms with van der Waals surface area (Å²) in [7, 11) is 0. The summed E-state index contributed by atoms with van der Waals surface area (Å²) in [6.07, 6.45) is -0.647. The molecule has 116 valence electrons. The Bertz CT molecular complexity index is 869. The molecule has 0 fully saturated rings. The molecule has 4 heteroatoms. The predicted molar refractivity (Wildman–Crippen MR) is 93.0 cm³/mol. The van der Waals surface area contributed by atoms with Crippen molar-refractivity contribution in [2.75, 3.05) is 6.54 Å². The molecule has 2 aromatic carbocycles. The highest BCUT2D eigenvalue weighted by Gasteiger charge is 2.42. The quantitative estimate of drug-likeness (QED) is 0.639. The van der Waals surface area contributed by atoms with Crippen molar-refractivity contribution in [2.24, 2.45) is 4.99 Å². The van der Waals surface area contributed by atoms with Crippen LogP contribution >= 0.6 is 11.3 Å². The van der Waals surface area contributed by atoms with Crippen molar-refractivity contribution < 1.29 is 9.13 Å². The largest absolute Gasteiger partial charge is 0.466 e. The molecular weight excluding hydrogens is 309 g/mol. The Balaban J connectivity index is 1.77. The van der Waals surface area contributed by atoms with Crippen LogP contribution < -0.4 is 0 Å². The standard InChI is InChI=1S/C19H16FNOS/c1-19(20)12-21-18(13-7-3-2-4-8-13)22-17(19)15-11-23-16-10-6-5-9-14(15)16/h2-11,17H,12H2,1H3/t17?,19-/m0/s1. The first-order valence-corrected chi connectivity index (χ1v) is 8.45. The molecule has 23 heavy (non-hydrogen) atoms. The Hall–Kier alpha value is -2.20. The van der Waals surface area contributed by atoms with Crippen molar-refractivity contribution in [3.8, 4) is 0 Å². The molecule has 0 amide bonds. The van der Waals surface area contributed by atoms with Gasteiger partial charge in [0.25, 0.3) is 0 Å². The van der Waals surface area contributed by atoms with E-state index >= 15 is 4.39 Å². The Morgan fingerprint density at radius 1 is 1.13 bits per heavy atom. The van der Waals surface area contributed by atoms with E-state index in [-0.39, 0.29) is 6.54 Å². The fraction of sp³-hybridized carbons (Fsp3) is 0.211. The van der Waals surface area contributed by atoms with Gasteiger partial charge in [-0.2, -0.15) is 0 Å². The van der Waals surface area contributed by atoms with E-state index in [0.29, 0.717) is 5.90 Å². The summed E-state index contributed by atoms with van der Waals surface area (Å²) < 4.78 is 22.3. The summed E-state index contributed by atoms with van der Waals surface area (Å²) in [6, 6.07) is 17.7. The maximum Gasteiger partial charge on any atom is 0.216 e. The lowest BCUT2D eigenvalue weighted by Crippen LogP contribution is -2.39.